The third-order valence-corrected chi connectivity index (χ3v) is 2.94. The average Bonchev–Trinajstić information content (AvgIpc) is 2.46. The average molecular weight is 303 g/mol. The van der Waals surface area contributed by atoms with Gasteiger partial charge in [-0.25, -0.2) is 0 Å². The highest BCUT2D eigenvalue weighted by Gasteiger charge is 2.02. The molecule has 1 aromatic carbocycles. The van der Waals surface area contributed by atoms with Crippen LogP contribution in [0.1, 0.15) is 11.1 Å². The molecule has 1 aromatic rings. The smallest absolute Gasteiger partial charge is 0.123 e. The molecule has 114 valence electrons. The first-order chi connectivity index (χ1) is 9.77. The molecule has 0 aromatic heterocycles. The summed E-state index contributed by atoms with van der Waals surface area (Å²) in [5.74, 6) is 1.27. The van der Waals surface area contributed by atoms with E-state index in [0.717, 1.165) is 11.3 Å². The lowest BCUT2D eigenvalue weighted by Crippen LogP contribution is -2.12. The molecule has 0 saturated heterocycles. The fourth-order valence-electron chi connectivity index (χ4n) is 1.63. The van der Waals surface area contributed by atoms with Crippen LogP contribution in [0, 0.1) is 6.92 Å². The predicted octanol–water partition coefficient (Wildman–Crippen LogP) is 2.79. The summed E-state index contributed by atoms with van der Waals surface area (Å²) in [5.41, 5.74) is 2.19. The summed E-state index contributed by atoms with van der Waals surface area (Å²) in [6, 6.07) is 5.99. The van der Waals surface area contributed by atoms with Crippen LogP contribution in [0.15, 0.2) is 18.2 Å². The first kappa shape index (κ1) is 17.2. The van der Waals surface area contributed by atoms with Crippen molar-refractivity contribution in [3.05, 3.63) is 29.3 Å². The molecule has 0 aliphatic heterocycles. The summed E-state index contributed by atoms with van der Waals surface area (Å²) >= 11 is 5.89. The third-order valence-electron chi connectivity index (χ3n) is 2.65. The van der Waals surface area contributed by atoms with Crippen molar-refractivity contribution in [2.75, 3.05) is 46.8 Å². The van der Waals surface area contributed by atoms with Crippen LogP contribution in [-0.2, 0) is 20.1 Å². The standard InChI is InChI=1S/C15H23ClO4/c1-13-3-4-15(14(11-13)12-16)20-10-9-19-8-7-18-6-5-17-2/h3-4,11H,5-10,12H2,1-2H3. The summed E-state index contributed by atoms with van der Waals surface area (Å²) in [7, 11) is 1.65. The second kappa shape index (κ2) is 10.9. The maximum Gasteiger partial charge on any atom is 0.123 e. The number of ether oxygens (including phenoxy) is 4. The van der Waals surface area contributed by atoms with Crippen LogP contribution in [-0.4, -0.2) is 46.8 Å². The minimum atomic E-state index is 0.450. The molecule has 0 spiro atoms. The topological polar surface area (TPSA) is 36.9 Å². The van der Waals surface area contributed by atoms with Crippen LogP contribution in [0.2, 0.25) is 0 Å². The Morgan fingerprint density at radius 3 is 2.25 bits per heavy atom. The van der Waals surface area contributed by atoms with Gasteiger partial charge in [0.15, 0.2) is 0 Å². The normalized spacial score (nSPS) is 10.8. The van der Waals surface area contributed by atoms with E-state index in [1.165, 1.54) is 5.56 Å². The number of hydrogen-bond acceptors (Lipinski definition) is 4. The highest BCUT2D eigenvalue weighted by Crippen LogP contribution is 2.21. The van der Waals surface area contributed by atoms with Gasteiger partial charge < -0.3 is 18.9 Å². The molecule has 1 rings (SSSR count). The molecule has 0 fully saturated rings. The Morgan fingerprint density at radius 2 is 1.60 bits per heavy atom. The number of rotatable bonds is 11. The summed E-state index contributed by atoms with van der Waals surface area (Å²) < 4.78 is 21.2. The maximum absolute atomic E-state index is 5.89. The molecule has 0 unspecified atom stereocenters. The zero-order chi connectivity index (χ0) is 14.6. The fraction of sp³-hybridized carbons (Fsp3) is 0.600. The molecule has 0 aliphatic carbocycles. The Morgan fingerprint density at radius 1 is 0.950 bits per heavy atom. The van der Waals surface area contributed by atoms with Crippen LogP contribution in [0.3, 0.4) is 0 Å². The number of methoxy groups -OCH3 is 1. The first-order valence-corrected chi connectivity index (χ1v) is 7.24. The van der Waals surface area contributed by atoms with Gasteiger partial charge in [0.2, 0.25) is 0 Å². The van der Waals surface area contributed by atoms with Crippen molar-refractivity contribution in [1.29, 1.82) is 0 Å². The van der Waals surface area contributed by atoms with Crippen LogP contribution in [0.4, 0.5) is 0 Å². The lowest BCUT2D eigenvalue weighted by Gasteiger charge is -2.11. The number of alkyl halides is 1. The molecule has 0 amide bonds. The van der Waals surface area contributed by atoms with E-state index in [9.17, 15) is 0 Å². The number of halogens is 1. The third kappa shape index (κ3) is 7.10. The Kier molecular flexibility index (Phi) is 9.41. The molecule has 20 heavy (non-hydrogen) atoms. The second-order valence-corrected chi connectivity index (χ2v) is 4.58. The molecule has 4 nitrogen and oxygen atoms in total. The van der Waals surface area contributed by atoms with Crippen molar-refractivity contribution in [3.63, 3.8) is 0 Å². The van der Waals surface area contributed by atoms with Crippen molar-refractivity contribution in [1.82, 2.24) is 0 Å². The largest absolute Gasteiger partial charge is 0.491 e. The van der Waals surface area contributed by atoms with E-state index in [-0.39, 0.29) is 0 Å². The van der Waals surface area contributed by atoms with Crippen LogP contribution in [0.25, 0.3) is 0 Å². The van der Waals surface area contributed by atoms with Gasteiger partial charge in [-0.15, -0.1) is 11.6 Å². The summed E-state index contributed by atoms with van der Waals surface area (Å²) in [4.78, 5) is 0. The van der Waals surface area contributed by atoms with Gasteiger partial charge in [0.1, 0.15) is 12.4 Å². The molecule has 0 atom stereocenters. The van der Waals surface area contributed by atoms with Gasteiger partial charge in [-0.3, -0.25) is 0 Å². The maximum atomic E-state index is 5.89. The SMILES string of the molecule is COCCOCCOCCOc1ccc(C)cc1CCl. The van der Waals surface area contributed by atoms with Gasteiger partial charge in [-0.1, -0.05) is 17.7 Å². The predicted molar refractivity (Wildman–Crippen MR) is 79.7 cm³/mol. The van der Waals surface area contributed by atoms with Crippen molar-refractivity contribution >= 4 is 11.6 Å². The zero-order valence-corrected chi connectivity index (χ0v) is 12.9. The summed E-state index contributed by atoms with van der Waals surface area (Å²) in [5, 5.41) is 0. The quantitative estimate of drug-likeness (QED) is 0.465. The van der Waals surface area contributed by atoms with E-state index < -0.39 is 0 Å². The minimum Gasteiger partial charge on any atom is -0.491 e. The van der Waals surface area contributed by atoms with Gasteiger partial charge in [0, 0.05) is 12.7 Å². The lowest BCUT2D eigenvalue weighted by atomic mass is 10.1. The fourth-order valence-corrected chi connectivity index (χ4v) is 1.84. The van der Waals surface area contributed by atoms with Gasteiger partial charge in [-0.2, -0.15) is 0 Å². The summed E-state index contributed by atoms with van der Waals surface area (Å²) in [6.45, 7) is 5.40. The van der Waals surface area contributed by atoms with E-state index >= 15 is 0 Å². The van der Waals surface area contributed by atoms with E-state index in [2.05, 4.69) is 0 Å². The summed E-state index contributed by atoms with van der Waals surface area (Å²) in [6.07, 6.45) is 0. The van der Waals surface area contributed by atoms with E-state index in [0.29, 0.717) is 45.5 Å². The Balaban J connectivity index is 2.09. The molecule has 0 N–H and O–H groups in total. The molecule has 0 radical (unpaired) electrons. The number of benzene rings is 1. The molecule has 5 heteroatoms. The molecule has 0 aliphatic rings. The van der Waals surface area contributed by atoms with Crippen molar-refractivity contribution in [2.24, 2.45) is 0 Å². The van der Waals surface area contributed by atoms with Gasteiger partial charge in [0.05, 0.1) is 38.9 Å². The van der Waals surface area contributed by atoms with Gasteiger partial charge in [-0.05, 0) is 13.0 Å². The minimum absolute atomic E-state index is 0.450. The van der Waals surface area contributed by atoms with Crippen LogP contribution in [0.5, 0.6) is 5.75 Å². The highest BCUT2D eigenvalue weighted by molar-refractivity contribution is 6.17. The highest BCUT2D eigenvalue weighted by atomic mass is 35.5. The molecular weight excluding hydrogens is 280 g/mol. The zero-order valence-electron chi connectivity index (χ0n) is 12.2. The number of hydrogen-bond donors (Lipinski definition) is 0. The van der Waals surface area contributed by atoms with Crippen molar-refractivity contribution in [3.8, 4) is 5.75 Å². The molecule has 0 heterocycles. The second-order valence-electron chi connectivity index (χ2n) is 4.31. The van der Waals surface area contributed by atoms with E-state index in [1.54, 1.807) is 7.11 Å². The van der Waals surface area contributed by atoms with Gasteiger partial charge in [0.25, 0.3) is 0 Å². The Hall–Kier alpha value is -0.810. The molecule has 0 saturated carbocycles. The Labute approximate surface area is 125 Å². The van der Waals surface area contributed by atoms with Crippen LogP contribution < -0.4 is 4.74 Å². The van der Waals surface area contributed by atoms with E-state index in [4.69, 9.17) is 30.5 Å². The molecular formula is C15H23ClO4. The Bertz CT molecular complexity index is 371. The van der Waals surface area contributed by atoms with Crippen LogP contribution >= 0.6 is 11.6 Å². The monoisotopic (exact) mass is 302 g/mol. The van der Waals surface area contributed by atoms with E-state index in [1.807, 2.05) is 25.1 Å². The van der Waals surface area contributed by atoms with Crippen molar-refractivity contribution < 1.29 is 18.9 Å². The van der Waals surface area contributed by atoms with Gasteiger partial charge >= 0.3 is 0 Å². The number of aryl methyl sites for hydroxylation is 1. The molecule has 0 bridgehead atoms. The van der Waals surface area contributed by atoms with Crippen molar-refractivity contribution in [2.45, 2.75) is 12.8 Å². The lowest BCUT2D eigenvalue weighted by molar-refractivity contribution is 0.0179. The first-order valence-electron chi connectivity index (χ1n) is 6.70.